The van der Waals surface area contributed by atoms with E-state index in [0.717, 1.165) is 27.0 Å². The average Bonchev–Trinajstić information content (AvgIpc) is 2.84. The lowest BCUT2D eigenvalue weighted by Gasteiger charge is -2.15. The van der Waals surface area contributed by atoms with Crippen molar-refractivity contribution in [1.29, 1.82) is 0 Å². The summed E-state index contributed by atoms with van der Waals surface area (Å²) in [5.41, 5.74) is 4.46. The van der Waals surface area contributed by atoms with Gasteiger partial charge in [-0.3, -0.25) is 9.59 Å². The minimum atomic E-state index is -0.259. The summed E-state index contributed by atoms with van der Waals surface area (Å²) < 4.78 is 12.0. The van der Waals surface area contributed by atoms with E-state index in [0.29, 0.717) is 23.7 Å². The molecule has 0 unspecified atom stereocenters. The Morgan fingerprint density at radius 2 is 1.49 bits per heavy atom. The zero-order chi connectivity index (χ0) is 25.4. The Labute approximate surface area is 214 Å². The second kappa shape index (κ2) is 12.3. The number of hydrogen-bond acceptors (Lipinski definition) is 5. The van der Waals surface area contributed by atoms with E-state index in [4.69, 9.17) is 9.47 Å². The summed E-state index contributed by atoms with van der Waals surface area (Å²) in [6, 6.07) is 18.7. The van der Waals surface area contributed by atoms with E-state index >= 15 is 0 Å². The first kappa shape index (κ1) is 26.1. The molecule has 3 aromatic rings. The van der Waals surface area contributed by atoms with Gasteiger partial charge in [-0.15, -0.1) is 0 Å². The fourth-order valence-corrected chi connectivity index (χ4v) is 3.58. The molecule has 0 fully saturated rings. The van der Waals surface area contributed by atoms with Crippen LogP contribution in [0, 0.1) is 12.8 Å². The van der Waals surface area contributed by atoms with Crippen LogP contribution in [0.4, 0.5) is 17.1 Å². The number of hydrogen-bond donors (Lipinski definition) is 3. The molecule has 0 spiro atoms. The van der Waals surface area contributed by atoms with Crippen LogP contribution in [-0.4, -0.2) is 25.5 Å². The monoisotopic (exact) mass is 539 g/mol. The van der Waals surface area contributed by atoms with Gasteiger partial charge in [0.15, 0.2) is 18.1 Å². The van der Waals surface area contributed by atoms with Crippen molar-refractivity contribution in [3.05, 3.63) is 76.3 Å². The number of carbonyl (C=O) groups is 2. The van der Waals surface area contributed by atoms with E-state index < -0.39 is 0 Å². The summed E-state index contributed by atoms with van der Waals surface area (Å²) in [5.74, 6) is 0.643. The Morgan fingerprint density at radius 1 is 0.886 bits per heavy atom. The van der Waals surface area contributed by atoms with Crippen molar-refractivity contribution in [2.45, 2.75) is 27.3 Å². The summed E-state index contributed by atoms with van der Waals surface area (Å²) in [6.45, 7) is 6.09. The molecule has 0 aromatic heterocycles. The van der Waals surface area contributed by atoms with E-state index in [-0.39, 0.29) is 24.3 Å². The topological polar surface area (TPSA) is 88.7 Å². The van der Waals surface area contributed by atoms with Crippen LogP contribution >= 0.6 is 15.9 Å². The van der Waals surface area contributed by atoms with Crippen molar-refractivity contribution in [1.82, 2.24) is 0 Å². The fraction of sp³-hybridized carbons (Fsp3) is 0.259. The number of carbonyl (C=O) groups excluding carboxylic acids is 2. The molecule has 0 saturated heterocycles. The maximum atomic E-state index is 12.3. The third-order valence-electron chi connectivity index (χ3n) is 5.19. The van der Waals surface area contributed by atoms with Gasteiger partial charge in [-0.25, -0.2) is 0 Å². The molecule has 0 aliphatic heterocycles. The first-order valence-corrected chi connectivity index (χ1v) is 12.0. The molecule has 3 rings (SSSR count). The first-order chi connectivity index (χ1) is 16.7. The van der Waals surface area contributed by atoms with E-state index in [1.54, 1.807) is 13.2 Å². The summed E-state index contributed by atoms with van der Waals surface area (Å²) in [4.78, 5) is 24.1. The quantitative estimate of drug-likeness (QED) is 0.294. The van der Waals surface area contributed by atoms with Crippen LogP contribution in [0.5, 0.6) is 11.5 Å². The maximum absolute atomic E-state index is 12.3. The Balaban J connectivity index is 1.58. The Kier molecular flexibility index (Phi) is 9.14. The van der Waals surface area contributed by atoms with Gasteiger partial charge >= 0.3 is 0 Å². The predicted octanol–water partition coefficient (Wildman–Crippen LogP) is 5.99. The second-order valence-electron chi connectivity index (χ2n) is 8.37. The van der Waals surface area contributed by atoms with Crippen LogP contribution in [0.3, 0.4) is 0 Å². The molecule has 8 heteroatoms. The fourth-order valence-electron chi connectivity index (χ4n) is 3.12. The lowest BCUT2D eigenvalue weighted by atomic mass is 10.2. The van der Waals surface area contributed by atoms with Gasteiger partial charge in [0.1, 0.15) is 0 Å². The van der Waals surface area contributed by atoms with E-state index in [9.17, 15) is 9.59 Å². The zero-order valence-electron chi connectivity index (χ0n) is 20.3. The van der Waals surface area contributed by atoms with Gasteiger partial charge in [0.05, 0.1) is 7.11 Å². The van der Waals surface area contributed by atoms with Crippen molar-refractivity contribution in [2.24, 2.45) is 5.92 Å². The van der Waals surface area contributed by atoms with Crippen LogP contribution in [0.2, 0.25) is 0 Å². The number of rotatable bonds is 10. The van der Waals surface area contributed by atoms with Crippen molar-refractivity contribution < 1.29 is 19.1 Å². The molecule has 0 aliphatic rings. The summed E-state index contributed by atoms with van der Waals surface area (Å²) in [7, 11) is 1.56. The number of benzene rings is 3. The van der Waals surface area contributed by atoms with Crippen LogP contribution in [0.25, 0.3) is 0 Å². The van der Waals surface area contributed by atoms with Gasteiger partial charge in [0.25, 0.3) is 5.91 Å². The summed E-state index contributed by atoms with van der Waals surface area (Å²) in [5, 5.41) is 9.04. The van der Waals surface area contributed by atoms with E-state index in [1.807, 2.05) is 75.4 Å². The van der Waals surface area contributed by atoms with Gasteiger partial charge in [-0.1, -0.05) is 47.5 Å². The van der Waals surface area contributed by atoms with Crippen molar-refractivity contribution >= 4 is 44.8 Å². The molecule has 35 heavy (non-hydrogen) atoms. The lowest BCUT2D eigenvalue weighted by Crippen LogP contribution is -2.20. The van der Waals surface area contributed by atoms with Crippen LogP contribution in [0.1, 0.15) is 25.0 Å². The number of nitrogens with one attached hydrogen (secondary N) is 3. The van der Waals surface area contributed by atoms with Crippen LogP contribution < -0.4 is 25.4 Å². The third kappa shape index (κ3) is 7.75. The van der Waals surface area contributed by atoms with Gasteiger partial charge in [-0.05, 0) is 61.0 Å². The molecule has 2 amide bonds. The van der Waals surface area contributed by atoms with Crippen molar-refractivity contribution in [2.75, 3.05) is 29.7 Å². The number of methoxy groups -OCH3 is 1. The molecule has 0 radical (unpaired) electrons. The molecular weight excluding hydrogens is 510 g/mol. The normalized spacial score (nSPS) is 10.6. The number of halogens is 1. The lowest BCUT2D eigenvalue weighted by molar-refractivity contribution is -0.119. The minimum absolute atomic E-state index is 0.0170. The summed E-state index contributed by atoms with van der Waals surface area (Å²) >= 11 is 3.58. The molecule has 3 aromatic carbocycles. The van der Waals surface area contributed by atoms with Gasteiger partial charge < -0.3 is 25.4 Å². The highest BCUT2D eigenvalue weighted by molar-refractivity contribution is 9.10. The SMILES string of the molecule is COc1cc(CNc2ccc(NC(=O)C(C)C)cc2)c(Br)cc1OCC(=O)Nc1ccc(C)cc1. The minimum Gasteiger partial charge on any atom is -0.493 e. The molecule has 0 saturated carbocycles. The summed E-state index contributed by atoms with van der Waals surface area (Å²) in [6.07, 6.45) is 0. The smallest absolute Gasteiger partial charge is 0.262 e. The molecule has 0 aliphatic carbocycles. The molecule has 184 valence electrons. The largest absolute Gasteiger partial charge is 0.493 e. The number of ether oxygens (including phenoxy) is 2. The Hall–Kier alpha value is -3.52. The van der Waals surface area contributed by atoms with Gasteiger partial charge in [0.2, 0.25) is 5.91 Å². The second-order valence-corrected chi connectivity index (χ2v) is 9.23. The number of amides is 2. The molecular formula is C27H30BrN3O4. The van der Waals surface area contributed by atoms with Crippen LogP contribution in [0.15, 0.2) is 65.1 Å². The molecule has 7 nitrogen and oxygen atoms in total. The highest BCUT2D eigenvalue weighted by atomic mass is 79.9. The van der Waals surface area contributed by atoms with Crippen molar-refractivity contribution in [3.8, 4) is 11.5 Å². The van der Waals surface area contributed by atoms with E-state index in [2.05, 4.69) is 31.9 Å². The van der Waals surface area contributed by atoms with Gasteiger partial charge in [-0.2, -0.15) is 0 Å². The highest BCUT2D eigenvalue weighted by Gasteiger charge is 2.13. The average molecular weight is 540 g/mol. The Bertz CT molecular complexity index is 1160. The Morgan fingerprint density at radius 3 is 2.11 bits per heavy atom. The number of anilines is 3. The van der Waals surface area contributed by atoms with Crippen molar-refractivity contribution in [3.63, 3.8) is 0 Å². The van der Waals surface area contributed by atoms with Gasteiger partial charge in [0, 0.05) is 34.0 Å². The molecule has 0 atom stereocenters. The van der Waals surface area contributed by atoms with Crippen LogP contribution in [-0.2, 0) is 16.1 Å². The van der Waals surface area contributed by atoms with E-state index in [1.165, 1.54) is 0 Å². The molecule has 3 N–H and O–H groups in total. The molecule has 0 heterocycles. The highest BCUT2D eigenvalue weighted by Crippen LogP contribution is 2.34. The standard InChI is InChI=1S/C27H30BrN3O4/c1-17(2)27(33)31-22-11-9-20(10-12-22)29-15-19-13-24(34-4)25(14-23(19)28)35-16-26(32)30-21-7-5-18(3)6-8-21/h5-14,17,29H,15-16H2,1-4H3,(H,30,32)(H,31,33). The maximum Gasteiger partial charge on any atom is 0.262 e. The third-order valence-corrected chi connectivity index (χ3v) is 5.92. The predicted molar refractivity (Wildman–Crippen MR) is 143 cm³/mol. The molecule has 0 bridgehead atoms. The number of aryl methyl sites for hydroxylation is 1. The zero-order valence-corrected chi connectivity index (χ0v) is 21.9. The first-order valence-electron chi connectivity index (χ1n) is 11.3.